The van der Waals surface area contributed by atoms with Gasteiger partial charge in [-0.15, -0.1) is 11.8 Å². The smallest absolute Gasteiger partial charge is 0.0744 e. The van der Waals surface area contributed by atoms with Crippen molar-refractivity contribution in [3.63, 3.8) is 0 Å². The van der Waals surface area contributed by atoms with Crippen LogP contribution in [0.3, 0.4) is 0 Å². The van der Waals surface area contributed by atoms with Crippen LogP contribution < -0.4 is 0 Å². The highest BCUT2D eigenvalue weighted by atomic mass is 33.1. The summed E-state index contributed by atoms with van der Waals surface area (Å²) in [6.07, 6.45) is 0. The van der Waals surface area contributed by atoms with Crippen LogP contribution in [0.1, 0.15) is 0 Å². The van der Waals surface area contributed by atoms with Crippen molar-refractivity contribution < 1.29 is 0 Å². The minimum absolute atomic E-state index is 0.927. The maximum absolute atomic E-state index is 2.24. The summed E-state index contributed by atoms with van der Waals surface area (Å²) in [7, 11) is 4.27. The fourth-order valence-electron chi connectivity index (χ4n) is 1.01. The Labute approximate surface area is 87.6 Å². The van der Waals surface area contributed by atoms with E-state index in [-0.39, 0.29) is 0 Å². The lowest BCUT2D eigenvalue weighted by molar-refractivity contribution is 1.17. The number of hydrogen-bond acceptors (Lipinski definition) is 5. The summed E-state index contributed by atoms with van der Waals surface area (Å²) >= 11 is 6.51. The quantitative estimate of drug-likeness (QED) is 0.536. The Morgan fingerprint density at radius 3 is 1.64 bits per heavy atom. The van der Waals surface area contributed by atoms with E-state index >= 15 is 0 Å². The summed E-state index contributed by atoms with van der Waals surface area (Å²) in [5.74, 6) is 2.85. The van der Waals surface area contributed by atoms with Crippen LogP contribution in [0.25, 0.3) is 0 Å². The zero-order valence-electron chi connectivity index (χ0n) is 5.76. The van der Waals surface area contributed by atoms with Crippen LogP contribution in [0.4, 0.5) is 0 Å². The average Bonchev–Trinajstić information content (AvgIpc) is 2.90. The van der Waals surface area contributed by atoms with Gasteiger partial charge in [-0.3, -0.25) is 0 Å². The van der Waals surface area contributed by atoms with Gasteiger partial charge in [-0.1, -0.05) is 21.6 Å². The molecule has 0 N–H and O–H groups in total. The van der Waals surface area contributed by atoms with Crippen LogP contribution in [0.2, 0.25) is 0 Å². The molecule has 0 radical (unpaired) electrons. The second kappa shape index (κ2) is 3.15. The number of thioether (sulfide) groups is 3. The van der Waals surface area contributed by atoms with Gasteiger partial charge in [-0.2, -0.15) is 23.5 Å². The van der Waals surface area contributed by atoms with E-state index in [4.69, 9.17) is 0 Å². The van der Waals surface area contributed by atoms with Gasteiger partial charge in [0.2, 0.25) is 0 Å². The van der Waals surface area contributed by atoms with E-state index in [2.05, 4.69) is 56.9 Å². The van der Waals surface area contributed by atoms with Crippen molar-refractivity contribution in [3.05, 3.63) is 0 Å². The van der Waals surface area contributed by atoms with Crippen LogP contribution in [0.5, 0.6) is 0 Å². The molecule has 4 atom stereocenters. The largest absolute Gasteiger partial charge is 0.154 e. The van der Waals surface area contributed by atoms with Crippen LogP contribution in [-0.2, 0) is 0 Å². The second-order valence-corrected chi connectivity index (χ2v) is 9.79. The fraction of sp³-hybridized carbons (Fsp3) is 1.00. The molecule has 3 heterocycles. The summed E-state index contributed by atoms with van der Waals surface area (Å²) < 4.78 is 1.85. The van der Waals surface area contributed by atoms with Gasteiger partial charge in [0.15, 0.2) is 0 Å². The molecule has 0 aliphatic carbocycles. The standard InChI is InChI=1S/C6H8S5/c1-3(7-1)5-9-6(11-10-5)4-2-8-4/h3-6H,1-2H2. The van der Waals surface area contributed by atoms with Gasteiger partial charge in [0.1, 0.15) is 0 Å². The van der Waals surface area contributed by atoms with Gasteiger partial charge in [-0.25, -0.2) is 0 Å². The van der Waals surface area contributed by atoms with E-state index in [1.165, 1.54) is 11.5 Å². The lowest BCUT2D eigenvalue weighted by Crippen LogP contribution is -2.05. The highest BCUT2D eigenvalue weighted by Gasteiger charge is 2.45. The highest BCUT2D eigenvalue weighted by Crippen LogP contribution is 2.62. The first-order chi connectivity index (χ1) is 5.43. The van der Waals surface area contributed by atoms with E-state index in [1.54, 1.807) is 0 Å². The van der Waals surface area contributed by atoms with Crippen molar-refractivity contribution in [2.75, 3.05) is 11.5 Å². The SMILES string of the molecule is C1SC1C1SSC(C2CS2)S1. The maximum atomic E-state index is 2.24. The highest BCUT2D eigenvalue weighted by molar-refractivity contribution is 8.83. The van der Waals surface area contributed by atoms with Crippen molar-refractivity contribution in [1.82, 2.24) is 0 Å². The third-order valence-corrected chi connectivity index (χ3v) is 10.4. The lowest BCUT2D eigenvalue weighted by atomic mass is 10.6. The van der Waals surface area contributed by atoms with E-state index in [1.807, 2.05) is 0 Å². The van der Waals surface area contributed by atoms with Crippen LogP contribution in [-0.4, -0.2) is 31.2 Å². The Hall–Kier alpha value is 1.75. The molecule has 0 saturated carbocycles. The first-order valence-electron chi connectivity index (χ1n) is 3.64. The predicted octanol–water partition coefficient (Wildman–Crippen LogP) is 3.00. The molecule has 3 aliphatic rings. The van der Waals surface area contributed by atoms with Crippen LogP contribution in [0, 0.1) is 0 Å². The third-order valence-electron chi connectivity index (χ3n) is 1.84. The van der Waals surface area contributed by atoms with Crippen molar-refractivity contribution in [2.24, 2.45) is 0 Å². The summed E-state index contributed by atoms with van der Waals surface area (Å²) in [4.78, 5) is 0. The maximum Gasteiger partial charge on any atom is 0.0744 e. The Kier molecular flexibility index (Phi) is 2.32. The average molecular weight is 240 g/mol. The molecular weight excluding hydrogens is 232 g/mol. The molecule has 5 heteroatoms. The third kappa shape index (κ3) is 1.82. The minimum Gasteiger partial charge on any atom is -0.154 e. The van der Waals surface area contributed by atoms with Gasteiger partial charge in [0.05, 0.1) is 9.16 Å². The topological polar surface area (TPSA) is 0 Å². The molecule has 62 valence electrons. The first-order valence-corrected chi connectivity index (χ1v) is 8.96. The number of rotatable bonds is 2. The zero-order chi connectivity index (χ0) is 7.26. The Morgan fingerprint density at radius 2 is 1.27 bits per heavy atom. The minimum atomic E-state index is 0.927. The van der Waals surface area contributed by atoms with Gasteiger partial charge in [-0.05, 0) is 0 Å². The van der Waals surface area contributed by atoms with Crippen molar-refractivity contribution >= 4 is 56.9 Å². The van der Waals surface area contributed by atoms with E-state index in [0.29, 0.717) is 0 Å². The molecule has 11 heavy (non-hydrogen) atoms. The number of hydrogen-bond donors (Lipinski definition) is 0. The first kappa shape index (κ1) is 8.09. The summed E-state index contributed by atoms with van der Waals surface area (Å²) in [6.45, 7) is 0. The molecular formula is C6H8S5. The zero-order valence-corrected chi connectivity index (χ0v) is 9.85. The molecule has 3 fully saturated rings. The van der Waals surface area contributed by atoms with Gasteiger partial charge in [0.25, 0.3) is 0 Å². The van der Waals surface area contributed by atoms with Gasteiger partial charge < -0.3 is 0 Å². The monoisotopic (exact) mass is 240 g/mol. The van der Waals surface area contributed by atoms with Crippen molar-refractivity contribution in [3.8, 4) is 0 Å². The molecule has 3 saturated heterocycles. The molecule has 0 bridgehead atoms. The lowest BCUT2D eigenvalue weighted by Gasteiger charge is -2.03. The van der Waals surface area contributed by atoms with Crippen LogP contribution >= 0.6 is 56.9 Å². The Balaban J connectivity index is 1.58. The molecule has 3 rings (SSSR count). The molecule has 0 aromatic carbocycles. The van der Waals surface area contributed by atoms with Crippen molar-refractivity contribution in [2.45, 2.75) is 19.7 Å². The molecule has 0 amide bonds. The van der Waals surface area contributed by atoms with E-state index in [9.17, 15) is 0 Å². The van der Waals surface area contributed by atoms with E-state index in [0.717, 1.165) is 19.7 Å². The molecule has 0 spiro atoms. The molecule has 0 nitrogen and oxygen atoms in total. The van der Waals surface area contributed by atoms with Gasteiger partial charge in [0, 0.05) is 22.0 Å². The summed E-state index contributed by atoms with van der Waals surface area (Å²) in [5, 5.41) is 2.01. The Morgan fingerprint density at radius 1 is 0.818 bits per heavy atom. The summed E-state index contributed by atoms with van der Waals surface area (Å²) in [6, 6.07) is 0. The van der Waals surface area contributed by atoms with Gasteiger partial charge >= 0.3 is 0 Å². The molecule has 0 aromatic heterocycles. The van der Waals surface area contributed by atoms with Crippen molar-refractivity contribution in [1.29, 1.82) is 0 Å². The Bertz CT molecular complexity index is 146. The normalized spacial score (nSPS) is 54.5. The predicted molar refractivity (Wildman–Crippen MR) is 62.8 cm³/mol. The second-order valence-electron chi connectivity index (χ2n) is 2.81. The molecule has 3 aliphatic heterocycles. The van der Waals surface area contributed by atoms with Crippen LogP contribution in [0.15, 0.2) is 0 Å². The van der Waals surface area contributed by atoms with E-state index < -0.39 is 0 Å². The summed E-state index contributed by atoms with van der Waals surface area (Å²) in [5.41, 5.74) is 0. The fourth-order valence-corrected chi connectivity index (χ4v) is 10.4. The molecule has 0 aromatic rings. The molecule has 4 unspecified atom stereocenters.